The van der Waals surface area contributed by atoms with Crippen molar-refractivity contribution in [1.82, 2.24) is 9.64 Å². The number of hydrogen-bond acceptors (Lipinski definition) is 10. The molecule has 57 heavy (non-hydrogen) atoms. The molecule has 1 aromatic rings. The highest BCUT2D eigenvalue weighted by Gasteiger charge is 2.40. The van der Waals surface area contributed by atoms with Gasteiger partial charge in [-0.05, 0) is 67.3 Å². The molecule has 0 unspecified atom stereocenters. The Morgan fingerprint density at radius 1 is 0.965 bits per heavy atom. The van der Waals surface area contributed by atoms with Crippen molar-refractivity contribution in [2.75, 3.05) is 30.3 Å². The van der Waals surface area contributed by atoms with Gasteiger partial charge in [0.2, 0.25) is 5.36 Å². The number of carbonyl (C=O) groups excluding carboxylic acids is 3. The number of fused-ring (bicyclic) bond motifs is 2. The minimum Gasteiger partial charge on any atom is -0.460 e. The van der Waals surface area contributed by atoms with Crippen LogP contribution in [-0.2, 0) is 50.3 Å². The summed E-state index contributed by atoms with van der Waals surface area (Å²) in [6, 6.07) is 12.4. The monoisotopic (exact) mass is 826 g/mol. The summed E-state index contributed by atoms with van der Waals surface area (Å²) in [7, 11) is -8.52. The number of benzene rings is 2. The van der Waals surface area contributed by atoms with Crippen LogP contribution in [-0.4, -0.2) is 74.2 Å². The minimum atomic E-state index is -4.46. The number of rotatable bonds is 15. The molecule has 5 rings (SSSR count). The molecule has 3 heterocycles. The third kappa shape index (κ3) is 10.5. The molecule has 0 atom stereocenters. The number of anilines is 1. The average Bonchev–Trinajstić information content (AvgIpc) is 3.54. The van der Waals surface area contributed by atoms with Gasteiger partial charge in [0.25, 0.3) is 32.1 Å². The van der Waals surface area contributed by atoms with Crippen LogP contribution in [0, 0.1) is 0 Å². The van der Waals surface area contributed by atoms with Gasteiger partial charge in [0.15, 0.2) is 0 Å². The van der Waals surface area contributed by atoms with Crippen LogP contribution in [0.4, 0.5) is 5.69 Å². The van der Waals surface area contributed by atoms with Crippen LogP contribution >= 0.6 is 0 Å². The van der Waals surface area contributed by atoms with Crippen molar-refractivity contribution in [1.29, 1.82) is 0 Å². The van der Waals surface area contributed by atoms with E-state index in [1.807, 2.05) is 67.8 Å². The van der Waals surface area contributed by atoms with Crippen molar-refractivity contribution in [3.63, 3.8) is 0 Å². The number of imide groups is 1. The van der Waals surface area contributed by atoms with Crippen molar-refractivity contribution < 1.29 is 49.6 Å². The molecule has 4 aliphatic rings. The lowest BCUT2D eigenvalue weighted by atomic mass is 9.83. The van der Waals surface area contributed by atoms with E-state index < -0.39 is 43.4 Å². The van der Waals surface area contributed by atoms with E-state index >= 15 is 0 Å². The average molecular weight is 827 g/mol. The predicted octanol–water partition coefficient (Wildman–Crippen LogP) is 5.86. The maximum Gasteiger partial charge on any atom is 0.333 e. The van der Waals surface area contributed by atoms with Gasteiger partial charge in [-0.1, -0.05) is 53.2 Å². The van der Waals surface area contributed by atoms with Crippen LogP contribution in [0.3, 0.4) is 0 Å². The molecule has 2 amide bonds. The summed E-state index contributed by atoms with van der Waals surface area (Å²) in [6.45, 7) is 13.7. The van der Waals surface area contributed by atoms with E-state index in [1.165, 1.54) is 12.1 Å². The molecule has 3 aliphatic heterocycles. The lowest BCUT2D eigenvalue weighted by molar-refractivity contribution is -0.197. The van der Waals surface area contributed by atoms with Gasteiger partial charge >= 0.3 is 5.97 Å². The molecule has 0 radical (unpaired) electrons. The van der Waals surface area contributed by atoms with E-state index in [4.69, 9.17) is 9.25 Å². The number of nitrogens with zero attached hydrogens (tertiary/aromatic N) is 3. The van der Waals surface area contributed by atoms with E-state index in [-0.39, 0.29) is 41.7 Å². The highest BCUT2D eigenvalue weighted by Crippen LogP contribution is 2.48. The molecule has 1 saturated heterocycles. The summed E-state index contributed by atoms with van der Waals surface area (Å²) in [4.78, 5) is 42.9. The van der Waals surface area contributed by atoms with Gasteiger partial charge in [0.1, 0.15) is 24.6 Å². The number of hydroxylamine groups is 2. The van der Waals surface area contributed by atoms with Crippen molar-refractivity contribution in [2.24, 2.45) is 0 Å². The number of carbonyl (C=O) groups is 3. The van der Waals surface area contributed by atoms with Crippen LogP contribution in [0.5, 0.6) is 0 Å². The Morgan fingerprint density at radius 2 is 1.67 bits per heavy atom. The second kappa shape index (κ2) is 17.1. The fraction of sp³-hybridized carbons (Fsp3) is 0.463. The fourth-order valence-corrected chi connectivity index (χ4v) is 8.13. The smallest absolute Gasteiger partial charge is 0.333 e. The van der Waals surface area contributed by atoms with Gasteiger partial charge in [-0.15, -0.1) is 5.06 Å². The molecule has 2 N–H and O–H groups in total. The van der Waals surface area contributed by atoms with Crippen LogP contribution in [0.25, 0.3) is 17.4 Å². The summed E-state index contributed by atoms with van der Waals surface area (Å²) >= 11 is 0. The summed E-state index contributed by atoms with van der Waals surface area (Å²) in [5.41, 5.74) is 3.16. The Kier molecular flexibility index (Phi) is 13.0. The second-order valence-corrected chi connectivity index (χ2v) is 18.9. The van der Waals surface area contributed by atoms with Gasteiger partial charge in [0.05, 0.1) is 16.7 Å². The minimum absolute atomic E-state index is 0.0246. The van der Waals surface area contributed by atoms with Crippen molar-refractivity contribution in [3.05, 3.63) is 82.6 Å². The molecule has 16 heteroatoms. The summed E-state index contributed by atoms with van der Waals surface area (Å²) < 4.78 is 74.4. The van der Waals surface area contributed by atoms with Crippen LogP contribution in [0.15, 0.2) is 69.6 Å². The molecular weight excluding hydrogens is 775 g/mol. The molecular formula is C41H52N3O11S2+. The topological polar surface area (TPSA) is 192 Å². The molecule has 1 aromatic carbocycles. The summed E-state index contributed by atoms with van der Waals surface area (Å²) in [6.07, 6.45) is 8.01. The molecule has 0 saturated carbocycles. The zero-order valence-corrected chi connectivity index (χ0v) is 34.9. The first-order chi connectivity index (χ1) is 26.6. The molecule has 1 fully saturated rings. The third-order valence-electron chi connectivity index (χ3n) is 10.3. The highest BCUT2D eigenvalue weighted by atomic mass is 32.2. The first-order valence-electron chi connectivity index (χ1n) is 19.1. The normalized spacial score (nSPS) is 17.3. The molecule has 14 nitrogen and oxygen atoms in total. The molecule has 0 spiro atoms. The van der Waals surface area contributed by atoms with Crippen molar-refractivity contribution in [2.45, 2.75) is 102 Å². The van der Waals surface area contributed by atoms with Gasteiger partial charge in [0, 0.05) is 66.1 Å². The Bertz CT molecular complexity index is 2350. The van der Waals surface area contributed by atoms with E-state index in [2.05, 4.69) is 25.7 Å². The lowest BCUT2D eigenvalue weighted by Crippen LogP contribution is -2.32. The Morgan fingerprint density at radius 3 is 2.30 bits per heavy atom. The SMILES string of the molecule is CC[N+](CCCS(=O)(=O)O)=c1ccc2c(/C=C/C=C3/N(CCCCCC(=O)ON4C(=O)CCC4=O)c4ccc(S(=O)(=O)O)cc4C3(C)C)cc(C(C)(C)C)oc-2c1. The van der Waals surface area contributed by atoms with Gasteiger partial charge in [-0.2, -0.15) is 16.8 Å². The maximum absolute atomic E-state index is 12.3. The highest BCUT2D eigenvalue weighted by molar-refractivity contribution is 7.86. The van der Waals surface area contributed by atoms with Gasteiger partial charge < -0.3 is 14.2 Å². The van der Waals surface area contributed by atoms with Crippen LogP contribution < -0.4 is 14.8 Å². The molecule has 0 aromatic heterocycles. The fourth-order valence-electron chi connectivity index (χ4n) is 7.13. The van der Waals surface area contributed by atoms with Crippen LogP contribution in [0.2, 0.25) is 0 Å². The van der Waals surface area contributed by atoms with Crippen LogP contribution in [0.1, 0.15) is 103 Å². The van der Waals surface area contributed by atoms with E-state index in [1.54, 1.807) is 6.07 Å². The Balaban J connectivity index is 1.44. The van der Waals surface area contributed by atoms with Crippen molar-refractivity contribution >= 4 is 49.8 Å². The quantitative estimate of drug-likeness (QED) is 0.0804. The Hall–Kier alpha value is -4.64. The van der Waals surface area contributed by atoms with Gasteiger partial charge in [-0.25, -0.2) is 9.37 Å². The number of hydrogen-bond donors (Lipinski definition) is 2. The van der Waals surface area contributed by atoms with E-state index in [0.717, 1.165) is 39.2 Å². The predicted molar refractivity (Wildman–Crippen MR) is 215 cm³/mol. The van der Waals surface area contributed by atoms with E-state index in [9.17, 15) is 40.3 Å². The lowest BCUT2D eigenvalue weighted by Gasteiger charge is -2.27. The van der Waals surface area contributed by atoms with Crippen molar-refractivity contribution in [3.8, 4) is 11.3 Å². The zero-order valence-electron chi connectivity index (χ0n) is 33.3. The second-order valence-electron chi connectivity index (χ2n) is 15.9. The van der Waals surface area contributed by atoms with E-state index in [0.29, 0.717) is 49.7 Å². The largest absolute Gasteiger partial charge is 0.460 e. The number of allylic oxidation sites excluding steroid dienone is 3. The Labute approximate surface area is 334 Å². The summed E-state index contributed by atoms with van der Waals surface area (Å²) in [5.74, 6) is -0.633. The maximum atomic E-state index is 12.3. The first kappa shape index (κ1) is 43.5. The molecule has 308 valence electrons. The third-order valence-corrected chi connectivity index (χ3v) is 11.9. The molecule has 1 aliphatic carbocycles. The number of amides is 2. The zero-order chi connectivity index (χ0) is 41.9. The molecule has 0 bridgehead atoms. The first-order valence-corrected chi connectivity index (χ1v) is 22.1. The number of unbranched alkanes of at least 4 members (excludes halogenated alkanes) is 2. The summed E-state index contributed by atoms with van der Waals surface area (Å²) in [5, 5.41) is 1.40. The standard InChI is InChI=1S/C41H51N3O11S2/c1-7-42(22-12-24-56(48,49)50)29-16-18-31-28(25-36(40(2,3)4)54-34(31)26-29)13-11-14-35-41(5,6)32-27-30(57(51,52)53)17-19-33(32)43(35)23-10-8-9-15-39(47)55-44-37(45)20-21-38(44)46/h11,13-14,16-19,25-27H,7-10,12,15,20-24H2,1-6H3,(H-,48,49,50,51,52,53)/p+1. The van der Waals surface area contributed by atoms with Gasteiger partial charge in [-0.3, -0.25) is 18.7 Å².